The van der Waals surface area contributed by atoms with E-state index >= 15 is 0 Å². The number of aromatic nitrogens is 2. The lowest BCUT2D eigenvalue weighted by molar-refractivity contribution is -0.119. The van der Waals surface area contributed by atoms with Gasteiger partial charge in [-0.25, -0.2) is 9.07 Å². The average Bonchev–Trinajstić information content (AvgIpc) is 3.05. The first-order valence-electron chi connectivity index (χ1n) is 9.00. The zero-order valence-electron chi connectivity index (χ0n) is 15.4. The van der Waals surface area contributed by atoms with Crippen LogP contribution in [0.5, 0.6) is 0 Å². The second-order valence-corrected chi connectivity index (χ2v) is 6.76. The summed E-state index contributed by atoms with van der Waals surface area (Å²) in [5, 5.41) is 7.07. The monoisotopic (exact) mass is 378 g/mol. The summed E-state index contributed by atoms with van der Waals surface area (Å²) in [7, 11) is 0. The average molecular weight is 378 g/mol. The van der Waals surface area contributed by atoms with Crippen molar-refractivity contribution < 1.29 is 14.0 Å². The number of aryl methyl sites for hydroxylation is 2. The van der Waals surface area contributed by atoms with Crippen molar-refractivity contribution in [3.8, 4) is 0 Å². The fourth-order valence-electron chi connectivity index (χ4n) is 3.26. The van der Waals surface area contributed by atoms with Crippen molar-refractivity contribution in [1.29, 1.82) is 0 Å². The van der Waals surface area contributed by atoms with Crippen molar-refractivity contribution in [3.63, 3.8) is 0 Å². The van der Waals surface area contributed by atoms with Gasteiger partial charge in [-0.05, 0) is 42.8 Å². The van der Waals surface area contributed by atoms with Crippen LogP contribution in [0.4, 0.5) is 15.9 Å². The van der Waals surface area contributed by atoms with E-state index in [1.54, 1.807) is 23.1 Å². The van der Waals surface area contributed by atoms with Gasteiger partial charge in [0.05, 0.1) is 18.8 Å². The summed E-state index contributed by atoms with van der Waals surface area (Å²) in [6.07, 6.45) is 0.419. The van der Waals surface area contributed by atoms with Gasteiger partial charge in [0, 0.05) is 23.7 Å². The normalized spacial score (nSPS) is 13.4. The number of nitrogens with zero attached hydrogens (tertiary/aromatic N) is 3. The molecule has 7 heteroatoms. The lowest BCUT2D eigenvalue weighted by Crippen LogP contribution is -2.36. The van der Waals surface area contributed by atoms with Crippen LogP contribution in [0.25, 0.3) is 0 Å². The first kappa shape index (κ1) is 17.9. The molecule has 0 atom stereocenters. The summed E-state index contributed by atoms with van der Waals surface area (Å²) >= 11 is 0. The van der Waals surface area contributed by atoms with E-state index in [1.807, 2.05) is 29.8 Å². The zero-order valence-corrected chi connectivity index (χ0v) is 15.4. The van der Waals surface area contributed by atoms with Gasteiger partial charge in [-0.1, -0.05) is 18.2 Å². The summed E-state index contributed by atoms with van der Waals surface area (Å²) in [4.78, 5) is 26.4. The van der Waals surface area contributed by atoms with Crippen molar-refractivity contribution >= 4 is 23.3 Å². The van der Waals surface area contributed by atoms with Crippen molar-refractivity contribution in [2.75, 3.05) is 10.2 Å². The molecule has 0 aliphatic carbocycles. The van der Waals surface area contributed by atoms with Crippen LogP contribution in [-0.2, 0) is 17.9 Å². The smallest absolute Gasteiger partial charge is 0.255 e. The molecule has 0 bridgehead atoms. The van der Waals surface area contributed by atoms with E-state index in [0.717, 1.165) is 17.1 Å². The SMILES string of the molecule is Cc1cc2n(n1)CCC(=O)N2Cc1ccc(C(=O)Nc2cccc(F)c2)cc1. The Morgan fingerprint density at radius 3 is 2.71 bits per heavy atom. The standard InChI is InChI=1S/C21H19FN4O2/c1-14-11-19-25(20(27)9-10-26(19)24-14)13-15-5-7-16(8-6-15)21(28)23-18-4-2-3-17(22)12-18/h2-8,11-12H,9-10,13H2,1H3,(H,23,28). The Kier molecular flexibility index (Phi) is 4.65. The number of halogens is 1. The largest absolute Gasteiger partial charge is 0.322 e. The van der Waals surface area contributed by atoms with Gasteiger partial charge in [0.15, 0.2) is 0 Å². The van der Waals surface area contributed by atoms with Crippen LogP contribution in [0.3, 0.4) is 0 Å². The molecule has 0 fully saturated rings. The Morgan fingerprint density at radius 1 is 1.18 bits per heavy atom. The van der Waals surface area contributed by atoms with Crippen molar-refractivity contribution in [3.05, 3.63) is 77.2 Å². The zero-order chi connectivity index (χ0) is 19.7. The minimum Gasteiger partial charge on any atom is -0.322 e. The minimum atomic E-state index is -0.408. The predicted octanol–water partition coefficient (Wildman–Crippen LogP) is 3.52. The molecule has 1 aliphatic rings. The number of carbonyl (C=O) groups is 2. The predicted molar refractivity (Wildman–Crippen MR) is 104 cm³/mol. The van der Waals surface area contributed by atoms with Crippen LogP contribution < -0.4 is 10.2 Å². The first-order chi connectivity index (χ1) is 13.5. The summed E-state index contributed by atoms with van der Waals surface area (Å²) in [5.74, 6) is 0.121. The van der Waals surface area contributed by atoms with Crippen LogP contribution in [0.15, 0.2) is 54.6 Å². The van der Waals surface area contributed by atoms with E-state index in [4.69, 9.17) is 0 Å². The molecule has 142 valence electrons. The number of carbonyl (C=O) groups excluding carboxylic acids is 2. The van der Waals surface area contributed by atoms with E-state index in [1.165, 1.54) is 18.2 Å². The van der Waals surface area contributed by atoms with Gasteiger partial charge in [-0.3, -0.25) is 14.5 Å². The van der Waals surface area contributed by atoms with E-state index in [-0.39, 0.29) is 11.8 Å². The maximum atomic E-state index is 13.2. The fraction of sp³-hybridized carbons (Fsp3) is 0.190. The number of hydrogen-bond acceptors (Lipinski definition) is 3. The molecule has 0 unspecified atom stereocenters. The Balaban J connectivity index is 1.48. The quantitative estimate of drug-likeness (QED) is 0.755. The summed E-state index contributed by atoms with van der Waals surface area (Å²) < 4.78 is 15.1. The second kappa shape index (κ2) is 7.26. The molecule has 0 radical (unpaired) electrons. The Hall–Kier alpha value is -3.48. The van der Waals surface area contributed by atoms with E-state index in [9.17, 15) is 14.0 Å². The summed E-state index contributed by atoms with van der Waals surface area (Å²) in [6, 6.07) is 14.7. The van der Waals surface area contributed by atoms with E-state index < -0.39 is 5.82 Å². The van der Waals surface area contributed by atoms with E-state index in [0.29, 0.717) is 30.8 Å². The third-order valence-electron chi connectivity index (χ3n) is 4.64. The number of benzene rings is 2. The van der Waals surface area contributed by atoms with Gasteiger partial charge in [-0.15, -0.1) is 0 Å². The van der Waals surface area contributed by atoms with Gasteiger partial charge < -0.3 is 5.32 Å². The van der Waals surface area contributed by atoms with Gasteiger partial charge in [-0.2, -0.15) is 5.10 Å². The number of hydrogen-bond donors (Lipinski definition) is 1. The highest BCUT2D eigenvalue weighted by Gasteiger charge is 2.25. The molecular formula is C21H19FN4O2. The van der Waals surface area contributed by atoms with Gasteiger partial charge in [0.1, 0.15) is 11.6 Å². The molecule has 6 nitrogen and oxygen atoms in total. The minimum absolute atomic E-state index is 0.0559. The maximum Gasteiger partial charge on any atom is 0.255 e. The Bertz CT molecular complexity index is 1040. The maximum absolute atomic E-state index is 13.2. The van der Waals surface area contributed by atoms with Gasteiger partial charge in [0.2, 0.25) is 5.91 Å². The third kappa shape index (κ3) is 3.64. The highest BCUT2D eigenvalue weighted by Crippen LogP contribution is 2.24. The topological polar surface area (TPSA) is 67.2 Å². The molecule has 2 amide bonds. The number of nitrogens with one attached hydrogen (secondary N) is 1. The molecule has 1 aromatic heterocycles. The molecule has 2 heterocycles. The molecule has 1 aliphatic heterocycles. The van der Waals surface area contributed by atoms with Gasteiger partial charge in [0.25, 0.3) is 5.91 Å². The van der Waals surface area contributed by atoms with Crippen molar-refractivity contribution in [1.82, 2.24) is 9.78 Å². The fourth-order valence-corrected chi connectivity index (χ4v) is 3.26. The molecule has 2 aromatic carbocycles. The molecular weight excluding hydrogens is 359 g/mol. The van der Waals surface area contributed by atoms with Crippen LogP contribution in [0.1, 0.15) is 28.0 Å². The first-order valence-corrected chi connectivity index (χ1v) is 9.00. The highest BCUT2D eigenvalue weighted by atomic mass is 19.1. The van der Waals surface area contributed by atoms with E-state index in [2.05, 4.69) is 10.4 Å². The Morgan fingerprint density at radius 2 is 1.96 bits per heavy atom. The molecule has 0 saturated heterocycles. The van der Waals surface area contributed by atoms with Crippen LogP contribution in [0.2, 0.25) is 0 Å². The number of fused-ring (bicyclic) bond motifs is 1. The molecule has 3 aromatic rings. The molecule has 28 heavy (non-hydrogen) atoms. The number of rotatable bonds is 4. The second-order valence-electron chi connectivity index (χ2n) is 6.76. The Labute approximate surface area is 161 Å². The summed E-state index contributed by atoms with van der Waals surface area (Å²) in [5.41, 5.74) is 2.64. The summed E-state index contributed by atoms with van der Waals surface area (Å²) in [6.45, 7) is 2.91. The van der Waals surface area contributed by atoms with Gasteiger partial charge >= 0.3 is 0 Å². The lowest BCUT2D eigenvalue weighted by atomic mass is 10.1. The van der Waals surface area contributed by atoms with Crippen LogP contribution >= 0.6 is 0 Å². The third-order valence-corrected chi connectivity index (χ3v) is 4.64. The lowest BCUT2D eigenvalue weighted by Gasteiger charge is -2.27. The molecule has 1 N–H and O–H groups in total. The molecule has 0 spiro atoms. The number of amides is 2. The number of anilines is 2. The van der Waals surface area contributed by atoms with Crippen molar-refractivity contribution in [2.45, 2.75) is 26.4 Å². The highest BCUT2D eigenvalue weighted by molar-refractivity contribution is 6.04. The molecule has 4 rings (SSSR count). The van der Waals surface area contributed by atoms with Crippen LogP contribution in [0, 0.1) is 12.7 Å². The van der Waals surface area contributed by atoms with Crippen LogP contribution in [-0.4, -0.2) is 21.6 Å². The van der Waals surface area contributed by atoms with Crippen molar-refractivity contribution in [2.24, 2.45) is 0 Å². The molecule has 0 saturated carbocycles.